The molecule has 0 aliphatic heterocycles. The summed E-state index contributed by atoms with van der Waals surface area (Å²) in [6.07, 6.45) is 0. The lowest BCUT2D eigenvalue weighted by atomic mass is 10.0. The van der Waals surface area contributed by atoms with Crippen LogP contribution in [0.4, 0.5) is 5.69 Å². The van der Waals surface area contributed by atoms with Crippen molar-refractivity contribution in [2.75, 3.05) is 20.3 Å². The SMILES string of the molecule is CCNC(C)(COc1cc(Br)cc([N+](=O)[O-])c1)C(=O)OC. The molecule has 0 saturated heterocycles. The topological polar surface area (TPSA) is 90.7 Å². The van der Waals surface area contributed by atoms with Gasteiger partial charge in [0.25, 0.3) is 5.69 Å². The Morgan fingerprint density at radius 1 is 1.48 bits per heavy atom. The number of methoxy groups -OCH3 is 1. The highest BCUT2D eigenvalue weighted by Gasteiger charge is 2.34. The molecule has 0 bridgehead atoms. The summed E-state index contributed by atoms with van der Waals surface area (Å²) in [6.45, 7) is 4.04. The Morgan fingerprint density at radius 2 is 2.14 bits per heavy atom. The quantitative estimate of drug-likeness (QED) is 0.455. The summed E-state index contributed by atoms with van der Waals surface area (Å²) in [5, 5.41) is 13.8. The van der Waals surface area contributed by atoms with Crippen molar-refractivity contribution >= 4 is 27.6 Å². The number of likely N-dealkylation sites (N-methyl/N-ethyl adjacent to an activating group) is 1. The maximum Gasteiger partial charge on any atom is 0.329 e. The minimum atomic E-state index is -1.03. The Bertz CT molecular complexity index is 537. The molecule has 0 saturated carbocycles. The molecule has 21 heavy (non-hydrogen) atoms. The second-order valence-electron chi connectivity index (χ2n) is 4.54. The lowest BCUT2D eigenvalue weighted by Gasteiger charge is -2.27. The number of hydrogen-bond acceptors (Lipinski definition) is 6. The van der Waals surface area contributed by atoms with E-state index in [1.54, 1.807) is 13.0 Å². The molecule has 1 aromatic rings. The number of hydrogen-bond donors (Lipinski definition) is 1. The van der Waals surface area contributed by atoms with E-state index in [1.165, 1.54) is 19.2 Å². The second kappa shape index (κ2) is 7.37. The third-order valence-corrected chi connectivity index (χ3v) is 3.26. The molecule has 0 aromatic heterocycles. The van der Waals surface area contributed by atoms with Crippen molar-refractivity contribution in [3.8, 4) is 5.75 Å². The minimum absolute atomic E-state index is 0.0128. The molecule has 8 heteroatoms. The summed E-state index contributed by atoms with van der Waals surface area (Å²) in [4.78, 5) is 22.1. The number of nitrogens with one attached hydrogen (secondary N) is 1. The molecular weight excluding hydrogens is 344 g/mol. The van der Waals surface area contributed by atoms with E-state index in [2.05, 4.69) is 21.2 Å². The monoisotopic (exact) mass is 360 g/mol. The van der Waals surface area contributed by atoms with Gasteiger partial charge in [-0.2, -0.15) is 0 Å². The number of esters is 1. The molecule has 0 radical (unpaired) electrons. The van der Waals surface area contributed by atoms with Crippen molar-refractivity contribution in [1.29, 1.82) is 0 Å². The van der Waals surface area contributed by atoms with E-state index >= 15 is 0 Å². The zero-order valence-electron chi connectivity index (χ0n) is 12.0. The summed E-state index contributed by atoms with van der Waals surface area (Å²) in [6, 6.07) is 4.27. The molecule has 0 aliphatic rings. The van der Waals surface area contributed by atoms with Crippen LogP contribution in [0.3, 0.4) is 0 Å². The molecule has 1 aromatic carbocycles. The van der Waals surface area contributed by atoms with Crippen LogP contribution in [-0.2, 0) is 9.53 Å². The normalized spacial score (nSPS) is 13.3. The number of halogens is 1. The number of carbonyl (C=O) groups excluding carboxylic acids is 1. The molecule has 0 spiro atoms. The van der Waals surface area contributed by atoms with E-state index in [1.807, 2.05) is 6.92 Å². The summed E-state index contributed by atoms with van der Waals surface area (Å²) in [5.74, 6) is -0.169. The largest absolute Gasteiger partial charge is 0.491 e. The maximum absolute atomic E-state index is 11.8. The van der Waals surface area contributed by atoms with Gasteiger partial charge in [0, 0.05) is 10.5 Å². The third-order valence-electron chi connectivity index (χ3n) is 2.80. The number of nitro groups is 1. The molecule has 1 rings (SSSR count). The van der Waals surface area contributed by atoms with Crippen molar-refractivity contribution in [2.24, 2.45) is 0 Å². The molecule has 0 amide bonds. The number of carbonyl (C=O) groups is 1. The number of rotatable bonds is 7. The van der Waals surface area contributed by atoms with Gasteiger partial charge in [-0.15, -0.1) is 0 Å². The van der Waals surface area contributed by atoms with Crippen molar-refractivity contribution in [3.05, 3.63) is 32.8 Å². The van der Waals surface area contributed by atoms with Crippen LogP contribution in [0, 0.1) is 10.1 Å². The van der Waals surface area contributed by atoms with E-state index < -0.39 is 16.4 Å². The van der Waals surface area contributed by atoms with E-state index in [0.717, 1.165) is 0 Å². The fraction of sp³-hybridized carbons (Fsp3) is 0.462. The van der Waals surface area contributed by atoms with Gasteiger partial charge in [-0.1, -0.05) is 22.9 Å². The van der Waals surface area contributed by atoms with Gasteiger partial charge in [0.15, 0.2) is 0 Å². The molecule has 0 fully saturated rings. The van der Waals surface area contributed by atoms with Crippen LogP contribution in [0.2, 0.25) is 0 Å². The first-order chi connectivity index (χ1) is 9.82. The van der Waals surface area contributed by atoms with Gasteiger partial charge in [-0.05, 0) is 19.5 Å². The number of nitrogens with zero attached hydrogens (tertiary/aromatic N) is 1. The zero-order chi connectivity index (χ0) is 16.0. The van der Waals surface area contributed by atoms with Crippen LogP contribution in [0.25, 0.3) is 0 Å². The number of nitro benzene ring substituents is 1. The third kappa shape index (κ3) is 4.68. The predicted molar refractivity (Wildman–Crippen MR) is 80.4 cm³/mol. The molecule has 1 atom stereocenters. The standard InChI is InChI=1S/C13H17BrN2O5/c1-4-15-13(2,12(17)20-3)8-21-11-6-9(14)5-10(7-11)16(18)19/h5-7,15H,4,8H2,1-3H3. The van der Waals surface area contributed by atoms with Gasteiger partial charge in [0.2, 0.25) is 0 Å². The van der Waals surface area contributed by atoms with Crippen LogP contribution in [0.1, 0.15) is 13.8 Å². The van der Waals surface area contributed by atoms with Crippen molar-refractivity contribution < 1.29 is 19.2 Å². The van der Waals surface area contributed by atoms with Gasteiger partial charge >= 0.3 is 5.97 Å². The van der Waals surface area contributed by atoms with Gasteiger partial charge in [-0.3, -0.25) is 15.4 Å². The predicted octanol–water partition coefficient (Wildman–Crippen LogP) is 2.28. The first-order valence-electron chi connectivity index (χ1n) is 6.23. The number of ether oxygens (including phenoxy) is 2. The minimum Gasteiger partial charge on any atom is -0.491 e. The zero-order valence-corrected chi connectivity index (χ0v) is 13.6. The smallest absolute Gasteiger partial charge is 0.329 e. The highest BCUT2D eigenvalue weighted by Crippen LogP contribution is 2.26. The second-order valence-corrected chi connectivity index (χ2v) is 5.46. The van der Waals surface area contributed by atoms with Crippen LogP contribution < -0.4 is 10.1 Å². The van der Waals surface area contributed by atoms with E-state index in [0.29, 0.717) is 16.8 Å². The van der Waals surface area contributed by atoms with Gasteiger partial charge in [-0.25, -0.2) is 4.79 Å². The Labute approximate surface area is 130 Å². The van der Waals surface area contributed by atoms with Crippen molar-refractivity contribution in [3.63, 3.8) is 0 Å². The first-order valence-corrected chi connectivity index (χ1v) is 7.03. The van der Waals surface area contributed by atoms with Gasteiger partial charge in [0.05, 0.1) is 18.1 Å². The molecular formula is C13H17BrN2O5. The lowest BCUT2D eigenvalue weighted by molar-refractivity contribution is -0.385. The van der Waals surface area contributed by atoms with E-state index in [-0.39, 0.29) is 12.3 Å². The fourth-order valence-corrected chi connectivity index (χ4v) is 2.22. The van der Waals surface area contributed by atoms with Crippen molar-refractivity contribution in [1.82, 2.24) is 5.32 Å². The van der Waals surface area contributed by atoms with Crippen LogP contribution in [0.15, 0.2) is 22.7 Å². The van der Waals surface area contributed by atoms with Crippen LogP contribution in [0.5, 0.6) is 5.75 Å². The summed E-state index contributed by atoms with van der Waals surface area (Å²) in [7, 11) is 1.29. The van der Waals surface area contributed by atoms with Crippen molar-refractivity contribution in [2.45, 2.75) is 19.4 Å². The van der Waals surface area contributed by atoms with Gasteiger partial charge in [0.1, 0.15) is 17.9 Å². The first kappa shape index (κ1) is 17.4. The Hall–Kier alpha value is -1.67. The highest BCUT2D eigenvalue weighted by molar-refractivity contribution is 9.10. The molecule has 0 heterocycles. The lowest BCUT2D eigenvalue weighted by Crippen LogP contribution is -2.54. The Kier molecular flexibility index (Phi) is 6.10. The molecule has 1 unspecified atom stereocenters. The van der Waals surface area contributed by atoms with Crippen LogP contribution in [-0.4, -0.2) is 36.7 Å². The molecule has 1 N–H and O–H groups in total. The van der Waals surface area contributed by atoms with Gasteiger partial charge < -0.3 is 9.47 Å². The average Bonchev–Trinajstić information content (AvgIpc) is 2.44. The van der Waals surface area contributed by atoms with Crippen LogP contribution >= 0.6 is 15.9 Å². The molecule has 0 aliphatic carbocycles. The summed E-state index contributed by atoms with van der Waals surface area (Å²) >= 11 is 3.18. The average molecular weight is 361 g/mol. The Morgan fingerprint density at radius 3 is 2.67 bits per heavy atom. The molecule has 116 valence electrons. The molecule has 7 nitrogen and oxygen atoms in total. The number of benzene rings is 1. The summed E-state index contributed by atoms with van der Waals surface area (Å²) < 4.78 is 10.8. The van der Waals surface area contributed by atoms with E-state index in [4.69, 9.17) is 9.47 Å². The number of non-ortho nitro benzene ring substituents is 1. The maximum atomic E-state index is 11.8. The highest BCUT2D eigenvalue weighted by atomic mass is 79.9. The summed E-state index contributed by atoms with van der Waals surface area (Å²) in [5.41, 5.74) is -1.12. The fourth-order valence-electron chi connectivity index (χ4n) is 1.76. The van der Waals surface area contributed by atoms with E-state index in [9.17, 15) is 14.9 Å². The Balaban J connectivity index is 2.90.